The van der Waals surface area contributed by atoms with E-state index in [4.69, 9.17) is 9.47 Å². The zero-order valence-corrected chi connectivity index (χ0v) is 20.7. The molecule has 0 aliphatic carbocycles. The summed E-state index contributed by atoms with van der Waals surface area (Å²) >= 11 is 1.16. The number of hydrogen-bond acceptors (Lipinski definition) is 7. The number of rotatable bonds is 7. The number of hydrogen-bond donors (Lipinski definition) is 1. The average Bonchev–Trinajstić information content (AvgIpc) is 3.26. The highest BCUT2D eigenvalue weighted by atomic mass is 32.1. The maximum atomic E-state index is 13.5. The van der Waals surface area contributed by atoms with Gasteiger partial charge in [0.2, 0.25) is 0 Å². The van der Waals surface area contributed by atoms with E-state index in [1.807, 2.05) is 26.8 Å². The molecule has 1 N–H and O–H groups in total. The van der Waals surface area contributed by atoms with Crippen molar-refractivity contribution in [3.8, 4) is 11.4 Å². The van der Waals surface area contributed by atoms with Gasteiger partial charge in [-0.3, -0.25) is 9.59 Å². The van der Waals surface area contributed by atoms with Gasteiger partial charge in [-0.2, -0.15) is 9.78 Å². The first kappa shape index (κ1) is 24.2. The number of thiophene rings is 1. The van der Waals surface area contributed by atoms with Gasteiger partial charge in [0.05, 0.1) is 24.3 Å². The molecule has 4 aromatic rings. The molecule has 1 amide bonds. The minimum Gasteiger partial charge on any atom is -0.494 e. The molecule has 2 aromatic heterocycles. The lowest BCUT2D eigenvalue weighted by molar-refractivity contribution is 0.0520. The molecule has 0 bridgehead atoms. The van der Waals surface area contributed by atoms with Crippen LogP contribution < -0.4 is 15.6 Å². The molecule has 0 saturated heterocycles. The number of nitrogens with one attached hydrogen (secondary N) is 1. The summed E-state index contributed by atoms with van der Waals surface area (Å²) in [6.07, 6.45) is 0. The Morgan fingerprint density at radius 2 is 1.77 bits per heavy atom. The third-order valence-corrected chi connectivity index (χ3v) is 6.41. The van der Waals surface area contributed by atoms with E-state index in [1.165, 1.54) is 0 Å². The lowest BCUT2D eigenvalue weighted by Crippen LogP contribution is -2.25. The largest absolute Gasteiger partial charge is 0.494 e. The number of esters is 1. The van der Waals surface area contributed by atoms with Crippen LogP contribution in [0.1, 0.15) is 45.8 Å². The summed E-state index contributed by atoms with van der Waals surface area (Å²) in [6, 6.07) is 12.2. The van der Waals surface area contributed by atoms with Gasteiger partial charge in [-0.1, -0.05) is 6.07 Å². The standard InChI is InChI=1S/C26H25N3O5S/c1-5-33-19-11-9-18(10-12-19)29-25(31)21-20(22(28-29)26(32)34-6-2)14-35-24(21)27-23(30)17-8-7-15(3)16(4)13-17/h7-14H,5-6H2,1-4H3,(H,27,30). The van der Waals surface area contributed by atoms with E-state index in [2.05, 4.69) is 10.4 Å². The zero-order chi connectivity index (χ0) is 25.1. The van der Waals surface area contributed by atoms with Crippen molar-refractivity contribution in [1.29, 1.82) is 0 Å². The van der Waals surface area contributed by atoms with Crippen LogP contribution in [0.5, 0.6) is 5.75 Å². The van der Waals surface area contributed by atoms with Gasteiger partial charge in [0.15, 0.2) is 5.69 Å². The number of fused-ring (bicyclic) bond motifs is 1. The molecular weight excluding hydrogens is 466 g/mol. The normalized spacial score (nSPS) is 10.9. The van der Waals surface area contributed by atoms with Crippen molar-refractivity contribution in [2.24, 2.45) is 0 Å². The van der Waals surface area contributed by atoms with Crippen LogP contribution >= 0.6 is 11.3 Å². The molecule has 4 rings (SSSR count). The fraction of sp³-hybridized carbons (Fsp3) is 0.231. The second-order valence-corrected chi connectivity index (χ2v) is 8.70. The van der Waals surface area contributed by atoms with Crippen molar-refractivity contribution in [2.75, 3.05) is 18.5 Å². The predicted molar refractivity (Wildman–Crippen MR) is 136 cm³/mol. The number of aromatic nitrogens is 2. The molecule has 0 unspecified atom stereocenters. The van der Waals surface area contributed by atoms with Crippen molar-refractivity contribution in [3.63, 3.8) is 0 Å². The van der Waals surface area contributed by atoms with Gasteiger partial charge in [0.25, 0.3) is 11.5 Å². The van der Waals surface area contributed by atoms with Gasteiger partial charge in [0, 0.05) is 16.3 Å². The van der Waals surface area contributed by atoms with Crippen LogP contribution in [-0.2, 0) is 4.74 Å². The van der Waals surface area contributed by atoms with Crippen molar-refractivity contribution in [3.05, 3.63) is 80.6 Å². The van der Waals surface area contributed by atoms with Crippen molar-refractivity contribution in [2.45, 2.75) is 27.7 Å². The molecule has 0 saturated carbocycles. The summed E-state index contributed by atoms with van der Waals surface area (Å²) in [5.74, 6) is -0.353. The summed E-state index contributed by atoms with van der Waals surface area (Å²) in [4.78, 5) is 39.2. The Bertz CT molecular complexity index is 1470. The van der Waals surface area contributed by atoms with Gasteiger partial charge in [-0.25, -0.2) is 4.79 Å². The topological polar surface area (TPSA) is 99.5 Å². The van der Waals surface area contributed by atoms with Crippen LogP contribution in [0.15, 0.2) is 52.6 Å². The predicted octanol–water partition coefficient (Wildman–Crippen LogP) is 4.89. The number of carbonyl (C=O) groups excluding carboxylic acids is 2. The minimum absolute atomic E-state index is 0.00161. The van der Waals surface area contributed by atoms with E-state index in [1.54, 1.807) is 48.7 Å². The second kappa shape index (κ2) is 10.1. The van der Waals surface area contributed by atoms with Crippen LogP contribution in [0.25, 0.3) is 16.5 Å². The quantitative estimate of drug-likeness (QED) is 0.370. The van der Waals surface area contributed by atoms with Gasteiger partial charge >= 0.3 is 5.97 Å². The SMILES string of the molecule is CCOC(=O)c1nn(-c2ccc(OCC)cc2)c(=O)c2c(NC(=O)c3ccc(C)c(C)c3)scc12. The Hall–Kier alpha value is -3.98. The van der Waals surface area contributed by atoms with E-state index in [0.29, 0.717) is 34.0 Å². The second-order valence-electron chi connectivity index (χ2n) is 7.82. The molecular formula is C26H25N3O5S. The minimum atomic E-state index is -0.651. The van der Waals surface area contributed by atoms with Crippen molar-refractivity contribution in [1.82, 2.24) is 9.78 Å². The summed E-state index contributed by atoms with van der Waals surface area (Å²) in [7, 11) is 0. The first-order valence-electron chi connectivity index (χ1n) is 11.2. The molecule has 0 radical (unpaired) electrons. The number of aryl methyl sites for hydroxylation is 2. The Kier molecular flexibility index (Phi) is 6.97. The average molecular weight is 492 g/mol. The maximum absolute atomic E-state index is 13.5. The number of nitrogens with zero attached hydrogens (tertiary/aromatic N) is 2. The van der Waals surface area contributed by atoms with Crippen LogP contribution in [-0.4, -0.2) is 34.9 Å². The van der Waals surface area contributed by atoms with Crippen LogP contribution in [0.3, 0.4) is 0 Å². The molecule has 0 spiro atoms. The Morgan fingerprint density at radius 1 is 1.03 bits per heavy atom. The number of carbonyl (C=O) groups is 2. The monoisotopic (exact) mass is 491 g/mol. The molecule has 180 valence electrons. The molecule has 35 heavy (non-hydrogen) atoms. The summed E-state index contributed by atoms with van der Waals surface area (Å²) in [6.45, 7) is 8.14. The highest BCUT2D eigenvalue weighted by Crippen LogP contribution is 2.31. The first-order valence-corrected chi connectivity index (χ1v) is 12.1. The molecule has 0 aliphatic rings. The fourth-order valence-corrected chi connectivity index (χ4v) is 4.51. The molecule has 0 atom stereocenters. The molecule has 2 heterocycles. The zero-order valence-electron chi connectivity index (χ0n) is 19.9. The van der Waals surface area contributed by atoms with Gasteiger partial charge < -0.3 is 14.8 Å². The Labute approximate surface area is 206 Å². The third kappa shape index (κ3) is 4.81. The number of ether oxygens (including phenoxy) is 2. The lowest BCUT2D eigenvalue weighted by Gasteiger charge is -2.11. The molecule has 0 fully saturated rings. The smallest absolute Gasteiger partial charge is 0.359 e. The molecule has 0 aliphatic heterocycles. The van der Waals surface area contributed by atoms with Crippen LogP contribution in [0.4, 0.5) is 5.00 Å². The van der Waals surface area contributed by atoms with Gasteiger partial charge in [-0.05, 0) is 75.2 Å². The number of anilines is 1. The molecule has 8 nitrogen and oxygen atoms in total. The van der Waals surface area contributed by atoms with Crippen LogP contribution in [0, 0.1) is 13.8 Å². The van der Waals surface area contributed by atoms with Gasteiger partial charge in [0.1, 0.15) is 10.8 Å². The lowest BCUT2D eigenvalue weighted by atomic mass is 10.1. The highest BCUT2D eigenvalue weighted by molar-refractivity contribution is 7.16. The Balaban J connectivity index is 1.84. The van der Waals surface area contributed by atoms with Crippen molar-refractivity contribution < 1.29 is 19.1 Å². The maximum Gasteiger partial charge on any atom is 0.359 e. The molecule has 9 heteroatoms. The van der Waals surface area contributed by atoms with E-state index in [-0.39, 0.29) is 23.6 Å². The van der Waals surface area contributed by atoms with Crippen LogP contribution in [0.2, 0.25) is 0 Å². The highest BCUT2D eigenvalue weighted by Gasteiger charge is 2.23. The van der Waals surface area contributed by atoms with E-state index in [9.17, 15) is 14.4 Å². The van der Waals surface area contributed by atoms with E-state index in [0.717, 1.165) is 27.1 Å². The third-order valence-electron chi connectivity index (χ3n) is 5.51. The van der Waals surface area contributed by atoms with E-state index >= 15 is 0 Å². The van der Waals surface area contributed by atoms with Crippen molar-refractivity contribution >= 4 is 39.0 Å². The number of benzene rings is 2. The summed E-state index contributed by atoms with van der Waals surface area (Å²) < 4.78 is 11.8. The first-order chi connectivity index (χ1) is 16.8. The van der Waals surface area contributed by atoms with Gasteiger partial charge in [-0.15, -0.1) is 11.3 Å². The number of amides is 1. The summed E-state index contributed by atoms with van der Waals surface area (Å²) in [5.41, 5.74) is 2.52. The molecule has 2 aromatic carbocycles. The van der Waals surface area contributed by atoms with E-state index < -0.39 is 11.5 Å². The summed E-state index contributed by atoms with van der Waals surface area (Å²) in [5, 5.41) is 9.65. The fourth-order valence-electron chi connectivity index (χ4n) is 3.58. The Morgan fingerprint density at radius 3 is 2.43 bits per heavy atom.